The van der Waals surface area contributed by atoms with Gasteiger partial charge in [-0.3, -0.25) is 0 Å². The van der Waals surface area contributed by atoms with Gasteiger partial charge in [-0.1, -0.05) is 36.4 Å². The molecule has 2 aromatic carbocycles. The molecule has 23 heavy (non-hydrogen) atoms. The van der Waals surface area contributed by atoms with E-state index in [9.17, 15) is 8.42 Å². The van der Waals surface area contributed by atoms with E-state index in [1.807, 2.05) is 63.2 Å². The van der Waals surface area contributed by atoms with Gasteiger partial charge in [-0.15, -0.1) is 0 Å². The van der Waals surface area contributed by atoms with Crippen molar-refractivity contribution in [2.45, 2.75) is 26.5 Å². The number of nitrogens with one attached hydrogen (secondary N) is 1. The highest BCUT2D eigenvalue weighted by Crippen LogP contribution is 2.18. The summed E-state index contributed by atoms with van der Waals surface area (Å²) in [5.41, 5.74) is 3.95. The summed E-state index contributed by atoms with van der Waals surface area (Å²) in [4.78, 5) is 0. The number of rotatable bonds is 7. The number of benzene rings is 2. The molecule has 4 nitrogen and oxygen atoms in total. The number of aryl methyl sites for hydroxylation is 3. The molecule has 5 heteroatoms. The lowest BCUT2D eigenvalue weighted by Gasteiger charge is -2.11. The number of sulfonamides is 1. The molecule has 0 bridgehead atoms. The van der Waals surface area contributed by atoms with Crippen LogP contribution in [0.15, 0.2) is 42.5 Å². The predicted octanol–water partition coefficient (Wildman–Crippen LogP) is 3.11. The van der Waals surface area contributed by atoms with Gasteiger partial charge >= 0.3 is 0 Å². The van der Waals surface area contributed by atoms with Crippen molar-refractivity contribution in [3.8, 4) is 5.75 Å². The van der Waals surface area contributed by atoms with Gasteiger partial charge in [0.05, 0.1) is 5.75 Å². The normalized spacial score (nSPS) is 11.4. The molecule has 0 aliphatic carbocycles. The Labute approximate surface area is 138 Å². The summed E-state index contributed by atoms with van der Waals surface area (Å²) in [7, 11) is -3.36. The van der Waals surface area contributed by atoms with Gasteiger partial charge in [0.15, 0.2) is 0 Å². The van der Waals surface area contributed by atoms with Crippen LogP contribution in [0.1, 0.15) is 22.3 Å². The molecule has 0 heterocycles. The molecule has 2 rings (SSSR count). The minimum atomic E-state index is -3.36. The molecule has 0 fully saturated rings. The first-order chi connectivity index (χ1) is 10.9. The first-order valence-corrected chi connectivity index (χ1v) is 9.24. The van der Waals surface area contributed by atoms with Crippen LogP contribution in [0.2, 0.25) is 0 Å². The lowest BCUT2D eigenvalue weighted by atomic mass is 10.1. The van der Waals surface area contributed by atoms with Gasteiger partial charge in [0.2, 0.25) is 10.0 Å². The second-order valence-corrected chi connectivity index (χ2v) is 7.50. The Kier molecular flexibility index (Phi) is 5.80. The molecule has 0 unspecified atom stereocenters. The smallest absolute Gasteiger partial charge is 0.215 e. The monoisotopic (exact) mass is 333 g/mol. The average molecular weight is 333 g/mol. The highest BCUT2D eigenvalue weighted by atomic mass is 32.2. The maximum absolute atomic E-state index is 12.1. The second kappa shape index (κ2) is 7.62. The fraction of sp³-hybridized carbons (Fsp3) is 0.333. The molecule has 0 aliphatic rings. The van der Waals surface area contributed by atoms with E-state index in [2.05, 4.69) is 4.72 Å². The van der Waals surface area contributed by atoms with E-state index in [0.29, 0.717) is 6.61 Å². The molecule has 0 saturated carbocycles. The van der Waals surface area contributed by atoms with Crippen LogP contribution in [-0.2, 0) is 15.8 Å². The summed E-state index contributed by atoms with van der Waals surface area (Å²) in [6.45, 7) is 6.43. The molecule has 0 radical (unpaired) electrons. The fourth-order valence-electron chi connectivity index (χ4n) is 2.25. The van der Waals surface area contributed by atoms with Crippen molar-refractivity contribution in [1.82, 2.24) is 4.72 Å². The quantitative estimate of drug-likeness (QED) is 0.792. The third-order valence-corrected chi connectivity index (χ3v) is 4.97. The summed E-state index contributed by atoms with van der Waals surface area (Å²) in [6, 6.07) is 13.5. The van der Waals surface area contributed by atoms with E-state index < -0.39 is 10.0 Å². The van der Waals surface area contributed by atoms with E-state index in [4.69, 9.17) is 4.74 Å². The van der Waals surface area contributed by atoms with Crippen molar-refractivity contribution in [2.75, 3.05) is 13.2 Å². The van der Waals surface area contributed by atoms with Gasteiger partial charge in [-0.2, -0.15) is 0 Å². The van der Waals surface area contributed by atoms with Gasteiger partial charge in [-0.05, 0) is 49.1 Å². The van der Waals surface area contributed by atoms with Gasteiger partial charge in [0.1, 0.15) is 12.4 Å². The van der Waals surface area contributed by atoms with Gasteiger partial charge in [0, 0.05) is 6.54 Å². The molecule has 124 valence electrons. The SMILES string of the molecule is Cc1ccc(C)c(OCCNS(=O)(=O)Cc2ccccc2C)c1. The Morgan fingerprint density at radius 2 is 1.74 bits per heavy atom. The summed E-state index contributed by atoms with van der Waals surface area (Å²) < 4.78 is 32.5. The Morgan fingerprint density at radius 1 is 1.00 bits per heavy atom. The molecule has 0 amide bonds. The van der Waals surface area contributed by atoms with Gasteiger partial charge in [-0.25, -0.2) is 13.1 Å². The van der Waals surface area contributed by atoms with Crippen molar-refractivity contribution < 1.29 is 13.2 Å². The van der Waals surface area contributed by atoms with Crippen LogP contribution < -0.4 is 9.46 Å². The second-order valence-electron chi connectivity index (χ2n) is 5.70. The third-order valence-electron chi connectivity index (χ3n) is 3.63. The van der Waals surface area contributed by atoms with Gasteiger partial charge in [0.25, 0.3) is 0 Å². The summed E-state index contributed by atoms with van der Waals surface area (Å²) in [6.07, 6.45) is 0. The summed E-state index contributed by atoms with van der Waals surface area (Å²) in [5, 5.41) is 0. The topological polar surface area (TPSA) is 55.4 Å². The van der Waals surface area contributed by atoms with Crippen LogP contribution in [0.3, 0.4) is 0 Å². The maximum Gasteiger partial charge on any atom is 0.215 e. The zero-order valence-corrected chi connectivity index (χ0v) is 14.6. The van der Waals surface area contributed by atoms with Crippen molar-refractivity contribution in [3.05, 3.63) is 64.7 Å². The highest BCUT2D eigenvalue weighted by molar-refractivity contribution is 7.88. The van der Waals surface area contributed by atoms with Gasteiger partial charge < -0.3 is 4.74 Å². The molecule has 0 atom stereocenters. The molecular formula is C18H23NO3S. The lowest BCUT2D eigenvalue weighted by molar-refractivity contribution is 0.320. The van der Waals surface area contributed by atoms with Crippen molar-refractivity contribution in [1.29, 1.82) is 0 Å². The molecular weight excluding hydrogens is 310 g/mol. The number of hydrogen-bond acceptors (Lipinski definition) is 3. The summed E-state index contributed by atoms with van der Waals surface area (Å²) in [5.74, 6) is 0.784. The highest BCUT2D eigenvalue weighted by Gasteiger charge is 2.12. The maximum atomic E-state index is 12.1. The Morgan fingerprint density at radius 3 is 2.48 bits per heavy atom. The van der Waals surface area contributed by atoms with E-state index in [1.54, 1.807) is 0 Å². The van der Waals surface area contributed by atoms with Crippen LogP contribution in [0, 0.1) is 20.8 Å². The molecule has 0 spiro atoms. The molecule has 0 aromatic heterocycles. The molecule has 0 saturated heterocycles. The zero-order chi connectivity index (χ0) is 16.9. The molecule has 2 aromatic rings. The Bertz CT molecular complexity index is 770. The fourth-order valence-corrected chi connectivity index (χ4v) is 3.48. The first-order valence-electron chi connectivity index (χ1n) is 7.59. The first kappa shape index (κ1) is 17.5. The lowest BCUT2D eigenvalue weighted by Crippen LogP contribution is -2.29. The summed E-state index contributed by atoms with van der Waals surface area (Å²) >= 11 is 0. The van der Waals surface area contributed by atoms with E-state index in [-0.39, 0.29) is 12.3 Å². The number of hydrogen-bond donors (Lipinski definition) is 1. The van der Waals surface area contributed by atoms with Crippen LogP contribution in [0.5, 0.6) is 5.75 Å². The van der Waals surface area contributed by atoms with Crippen LogP contribution in [0.25, 0.3) is 0 Å². The van der Waals surface area contributed by atoms with E-state index in [1.165, 1.54) is 0 Å². The van der Waals surface area contributed by atoms with Crippen LogP contribution in [0.4, 0.5) is 0 Å². The molecule has 1 N–H and O–H groups in total. The Balaban J connectivity index is 1.85. The standard InChI is InChI=1S/C18H23NO3S/c1-14-8-9-16(3)18(12-14)22-11-10-19-23(20,21)13-17-7-5-4-6-15(17)2/h4-9,12,19H,10-11,13H2,1-3H3. The third kappa shape index (κ3) is 5.37. The minimum Gasteiger partial charge on any atom is -0.492 e. The van der Waals surface area contributed by atoms with E-state index in [0.717, 1.165) is 28.0 Å². The number of ether oxygens (including phenoxy) is 1. The average Bonchev–Trinajstić information content (AvgIpc) is 2.49. The predicted molar refractivity (Wildman–Crippen MR) is 93.2 cm³/mol. The largest absolute Gasteiger partial charge is 0.492 e. The van der Waals surface area contributed by atoms with Crippen molar-refractivity contribution in [3.63, 3.8) is 0 Å². The van der Waals surface area contributed by atoms with Crippen molar-refractivity contribution >= 4 is 10.0 Å². The Hall–Kier alpha value is -1.85. The van der Waals surface area contributed by atoms with Crippen LogP contribution in [-0.4, -0.2) is 21.6 Å². The van der Waals surface area contributed by atoms with E-state index >= 15 is 0 Å². The zero-order valence-electron chi connectivity index (χ0n) is 13.8. The van der Waals surface area contributed by atoms with Crippen LogP contribution >= 0.6 is 0 Å². The van der Waals surface area contributed by atoms with Crippen molar-refractivity contribution in [2.24, 2.45) is 0 Å². The molecule has 0 aliphatic heterocycles. The minimum absolute atomic E-state index is 0.0108.